The van der Waals surface area contributed by atoms with Gasteiger partial charge < -0.3 is 14.7 Å². The maximum atomic E-state index is 9.33. The van der Waals surface area contributed by atoms with Crippen molar-refractivity contribution in [1.29, 1.82) is 0 Å². The van der Waals surface area contributed by atoms with Crippen molar-refractivity contribution in [2.75, 3.05) is 18.1 Å². The van der Waals surface area contributed by atoms with Crippen LogP contribution in [0.1, 0.15) is 42.4 Å². The van der Waals surface area contributed by atoms with Crippen LogP contribution in [0.4, 0.5) is 17.1 Å². The van der Waals surface area contributed by atoms with E-state index in [1.54, 1.807) is 0 Å². The van der Waals surface area contributed by atoms with E-state index in [9.17, 15) is 5.11 Å². The number of hydrogen-bond acceptors (Lipinski definition) is 3. The molecule has 1 aliphatic heterocycles. The van der Waals surface area contributed by atoms with Crippen molar-refractivity contribution in [2.24, 2.45) is 0 Å². The first-order valence-electron chi connectivity index (χ1n) is 10.9. The van der Waals surface area contributed by atoms with Crippen LogP contribution in [0.2, 0.25) is 0 Å². The van der Waals surface area contributed by atoms with Gasteiger partial charge in [-0.25, -0.2) is 0 Å². The molecule has 0 bridgehead atoms. The molecule has 3 aromatic carbocycles. The number of benzene rings is 3. The van der Waals surface area contributed by atoms with Crippen LogP contribution >= 0.6 is 0 Å². The first kappa shape index (κ1) is 20.6. The van der Waals surface area contributed by atoms with Crippen LogP contribution in [0, 0.1) is 13.8 Å². The molecule has 1 saturated heterocycles. The van der Waals surface area contributed by atoms with E-state index < -0.39 is 0 Å². The molecule has 0 radical (unpaired) electrons. The van der Waals surface area contributed by atoms with E-state index in [2.05, 4.69) is 91.5 Å². The largest absolute Gasteiger partial charge is 0.396 e. The molecule has 0 saturated carbocycles. The quantitative estimate of drug-likeness (QED) is 0.487. The first-order valence-corrected chi connectivity index (χ1v) is 10.9. The lowest BCUT2D eigenvalue weighted by atomic mass is 9.86. The Morgan fingerprint density at radius 2 is 1.30 bits per heavy atom. The highest BCUT2D eigenvalue weighted by atomic mass is 16.5. The average molecular weight is 402 g/mol. The Morgan fingerprint density at radius 1 is 0.800 bits per heavy atom. The van der Waals surface area contributed by atoms with Gasteiger partial charge in [0, 0.05) is 30.3 Å². The summed E-state index contributed by atoms with van der Waals surface area (Å²) in [5.41, 5.74) is 6.88. The normalized spacial score (nSPS) is 18.5. The standard InChI is InChI=1S/C27H31NO2/c1-21-5-11-24(12-6-21)28(25-13-7-22(2)8-14-25)26-15-9-23(10-16-26)27(17-3-19-29)18-4-20-30-27/h5-16,29H,3-4,17-20H2,1-2H3. The van der Waals surface area contributed by atoms with E-state index in [1.165, 1.54) is 16.7 Å². The predicted octanol–water partition coefficient (Wildman–Crippen LogP) is 6.55. The molecule has 30 heavy (non-hydrogen) atoms. The van der Waals surface area contributed by atoms with Crippen LogP contribution < -0.4 is 4.90 Å². The zero-order valence-electron chi connectivity index (χ0n) is 18.0. The minimum atomic E-state index is -0.250. The number of aliphatic hydroxyl groups excluding tert-OH is 1. The SMILES string of the molecule is Cc1ccc(N(c2ccc(C)cc2)c2ccc(C3(CCCO)CCCO3)cc2)cc1. The molecular weight excluding hydrogens is 370 g/mol. The number of nitrogens with zero attached hydrogens (tertiary/aromatic N) is 1. The van der Waals surface area contributed by atoms with Gasteiger partial charge in [0.1, 0.15) is 0 Å². The van der Waals surface area contributed by atoms with Crippen molar-refractivity contribution in [3.8, 4) is 0 Å². The van der Waals surface area contributed by atoms with E-state index >= 15 is 0 Å². The van der Waals surface area contributed by atoms with E-state index in [4.69, 9.17) is 4.74 Å². The lowest BCUT2D eigenvalue weighted by molar-refractivity contribution is -0.0117. The number of rotatable bonds is 7. The Morgan fingerprint density at radius 3 is 1.73 bits per heavy atom. The molecule has 156 valence electrons. The van der Waals surface area contributed by atoms with Gasteiger partial charge in [-0.1, -0.05) is 47.5 Å². The predicted molar refractivity (Wildman–Crippen MR) is 124 cm³/mol. The molecule has 0 spiro atoms. The Hall–Kier alpha value is -2.62. The summed E-state index contributed by atoms with van der Waals surface area (Å²) in [4.78, 5) is 2.29. The highest BCUT2D eigenvalue weighted by Gasteiger charge is 2.36. The third kappa shape index (κ3) is 4.28. The first-order chi connectivity index (χ1) is 14.6. The molecule has 4 rings (SSSR count). The van der Waals surface area contributed by atoms with Gasteiger partial charge in [0.25, 0.3) is 0 Å². The Labute approximate surface area is 179 Å². The number of aliphatic hydroxyl groups is 1. The summed E-state index contributed by atoms with van der Waals surface area (Å²) >= 11 is 0. The van der Waals surface area contributed by atoms with E-state index in [1.807, 2.05) is 0 Å². The minimum Gasteiger partial charge on any atom is -0.396 e. The zero-order chi connectivity index (χ0) is 21.0. The summed E-state index contributed by atoms with van der Waals surface area (Å²) in [5, 5.41) is 9.33. The van der Waals surface area contributed by atoms with Crippen LogP contribution in [-0.2, 0) is 10.3 Å². The number of aryl methyl sites for hydroxylation is 2. The molecule has 3 nitrogen and oxygen atoms in total. The van der Waals surface area contributed by atoms with Crippen LogP contribution in [-0.4, -0.2) is 18.3 Å². The molecule has 0 aliphatic carbocycles. The molecule has 1 fully saturated rings. The highest BCUT2D eigenvalue weighted by molar-refractivity contribution is 5.76. The molecule has 0 aromatic heterocycles. The summed E-state index contributed by atoms with van der Waals surface area (Å²) in [5.74, 6) is 0. The van der Waals surface area contributed by atoms with Crippen molar-refractivity contribution in [3.63, 3.8) is 0 Å². The number of ether oxygens (including phenoxy) is 1. The van der Waals surface area contributed by atoms with E-state index in [0.717, 1.165) is 49.4 Å². The van der Waals surface area contributed by atoms with E-state index in [-0.39, 0.29) is 12.2 Å². The average Bonchev–Trinajstić information content (AvgIpc) is 3.26. The van der Waals surface area contributed by atoms with Gasteiger partial charge in [0.15, 0.2) is 0 Å². The van der Waals surface area contributed by atoms with Crippen LogP contribution in [0.3, 0.4) is 0 Å². The molecule has 1 unspecified atom stereocenters. The summed E-state index contributed by atoms with van der Waals surface area (Å²) < 4.78 is 6.20. The van der Waals surface area contributed by atoms with Gasteiger partial charge in [0.2, 0.25) is 0 Å². The van der Waals surface area contributed by atoms with Crippen LogP contribution in [0.25, 0.3) is 0 Å². The summed E-state index contributed by atoms with van der Waals surface area (Å²) in [6.45, 7) is 5.23. The molecule has 3 aromatic rings. The Balaban J connectivity index is 1.70. The fourth-order valence-electron chi connectivity index (χ4n) is 4.38. The molecule has 1 atom stereocenters. The second kappa shape index (κ2) is 9.03. The maximum Gasteiger partial charge on any atom is 0.0933 e. The molecule has 1 aliphatic rings. The maximum absolute atomic E-state index is 9.33. The van der Waals surface area contributed by atoms with Crippen LogP contribution in [0.15, 0.2) is 72.8 Å². The van der Waals surface area contributed by atoms with Crippen molar-refractivity contribution in [2.45, 2.75) is 45.1 Å². The third-order valence-corrected chi connectivity index (χ3v) is 6.08. The Bertz CT molecular complexity index is 894. The second-order valence-corrected chi connectivity index (χ2v) is 8.33. The lowest BCUT2D eigenvalue weighted by Crippen LogP contribution is -2.25. The number of hydrogen-bond donors (Lipinski definition) is 1. The van der Waals surface area contributed by atoms with Gasteiger partial charge in [-0.05, 0) is 81.5 Å². The molecule has 3 heteroatoms. The summed E-state index contributed by atoms with van der Waals surface area (Å²) in [6, 6.07) is 26.1. The topological polar surface area (TPSA) is 32.7 Å². The summed E-state index contributed by atoms with van der Waals surface area (Å²) in [6.07, 6.45) is 3.72. The zero-order valence-corrected chi connectivity index (χ0v) is 18.0. The van der Waals surface area contributed by atoms with Gasteiger partial charge in [-0.15, -0.1) is 0 Å². The van der Waals surface area contributed by atoms with Crippen LogP contribution in [0.5, 0.6) is 0 Å². The smallest absolute Gasteiger partial charge is 0.0933 e. The third-order valence-electron chi connectivity index (χ3n) is 6.08. The van der Waals surface area contributed by atoms with Crippen molar-refractivity contribution in [1.82, 2.24) is 0 Å². The fraction of sp³-hybridized carbons (Fsp3) is 0.333. The number of anilines is 3. The fourth-order valence-corrected chi connectivity index (χ4v) is 4.38. The van der Waals surface area contributed by atoms with Gasteiger partial charge in [-0.2, -0.15) is 0 Å². The molecule has 1 N–H and O–H groups in total. The molecular formula is C27H31NO2. The van der Waals surface area contributed by atoms with Gasteiger partial charge >= 0.3 is 0 Å². The van der Waals surface area contributed by atoms with Crippen molar-refractivity contribution < 1.29 is 9.84 Å². The minimum absolute atomic E-state index is 0.206. The monoisotopic (exact) mass is 401 g/mol. The van der Waals surface area contributed by atoms with Crippen molar-refractivity contribution >= 4 is 17.1 Å². The van der Waals surface area contributed by atoms with Gasteiger partial charge in [-0.3, -0.25) is 0 Å². The van der Waals surface area contributed by atoms with Gasteiger partial charge in [0.05, 0.1) is 5.60 Å². The van der Waals surface area contributed by atoms with Crippen molar-refractivity contribution in [3.05, 3.63) is 89.5 Å². The second-order valence-electron chi connectivity index (χ2n) is 8.33. The summed E-state index contributed by atoms with van der Waals surface area (Å²) in [7, 11) is 0. The lowest BCUT2D eigenvalue weighted by Gasteiger charge is -2.30. The highest BCUT2D eigenvalue weighted by Crippen LogP contribution is 2.42. The van der Waals surface area contributed by atoms with E-state index in [0.29, 0.717) is 0 Å². The Kier molecular flexibility index (Phi) is 6.21. The molecule has 0 amide bonds. The molecule has 1 heterocycles.